The fraction of sp³-hybridized carbons (Fsp3) is 0.364. The number of nitriles is 1. The van der Waals surface area contributed by atoms with E-state index in [1.54, 1.807) is 7.11 Å². The number of anilines is 2. The lowest BCUT2D eigenvalue weighted by Gasteiger charge is -2.24. The van der Waals surface area contributed by atoms with Crippen molar-refractivity contribution in [1.82, 2.24) is 4.90 Å². The molecule has 2 aromatic carbocycles. The highest BCUT2D eigenvalue weighted by Gasteiger charge is 2.19. The number of nitrogens with zero attached hydrogens (tertiary/aromatic N) is 3. The molecule has 0 aliphatic carbocycles. The Morgan fingerprint density at radius 2 is 2.00 bits per heavy atom. The number of amides is 1. The molecule has 6 heteroatoms. The van der Waals surface area contributed by atoms with Crippen LogP contribution >= 0.6 is 0 Å². The number of hydrogen-bond acceptors (Lipinski definition) is 5. The number of ether oxygens (including phenoxy) is 1. The van der Waals surface area contributed by atoms with Gasteiger partial charge in [0.05, 0.1) is 30.6 Å². The topological polar surface area (TPSA) is 68.6 Å². The van der Waals surface area contributed by atoms with Gasteiger partial charge >= 0.3 is 0 Å². The quantitative estimate of drug-likeness (QED) is 0.866. The van der Waals surface area contributed by atoms with E-state index in [1.807, 2.05) is 49.4 Å². The third-order valence-electron chi connectivity index (χ3n) is 4.95. The first-order valence-corrected chi connectivity index (χ1v) is 9.51. The molecule has 1 saturated heterocycles. The van der Waals surface area contributed by atoms with Crippen LogP contribution in [0.4, 0.5) is 11.4 Å². The molecule has 0 aromatic heterocycles. The fourth-order valence-electron chi connectivity index (χ4n) is 3.53. The molecule has 146 valence electrons. The SMILES string of the molecule is COc1ccc(C)cc1NC(=O)CN1CCCN(c2ccccc2C#N)CC1. The molecule has 0 spiro atoms. The summed E-state index contributed by atoms with van der Waals surface area (Å²) in [5.41, 5.74) is 3.44. The fourth-order valence-corrected chi connectivity index (χ4v) is 3.53. The van der Waals surface area contributed by atoms with Crippen LogP contribution in [0.15, 0.2) is 42.5 Å². The zero-order valence-electron chi connectivity index (χ0n) is 16.4. The molecule has 2 aromatic rings. The van der Waals surface area contributed by atoms with Crippen molar-refractivity contribution in [2.45, 2.75) is 13.3 Å². The van der Waals surface area contributed by atoms with E-state index in [2.05, 4.69) is 21.2 Å². The number of methoxy groups -OCH3 is 1. The Kier molecular flexibility index (Phi) is 6.51. The molecule has 1 aliphatic rings. The van der Waals surface area contributed by atoms with Crippen molar-refractivity contribution in [2.75, 3.05) is 50.1 Å². The summed E-state index contributed by atoms with van der Waals surface area (Å²) in [7, 11) is 1.60. The Balaban J connectivity index is 1.60. The maximum absolute atomic E-state index is 12.6. The zero-order chi connectivity index (χ0) is 19.9. The summed E-state index contributed by atoms with van der Waals surface area (Å²) in [6.07, 6.45) is 0.945. The van der Waals surface area contributed by atoms with E-state index in [9.17, 15) is 10.1 Å². The maximum atomic E-state index is 12.6. The van der Waals surface area contributed by atoms with Gasteiger partial charge in [0.25, 0.3) is 0 Å². The lowest BCUT2D eigenvalue weighted by atomic mass is 10.1. The summed E-state index contributed by atoms with van der Waals surface area (Å²) >= 11 is 0. The van der Waals surface area contributed by atoms with Crippen LogP contribution in [0.5, 0.6) is 5.75 Å². The van der Waals surface area contributed by atoms with Crippen molar-refractivity contribution >= 4 is 17.3 Å². The predicted molar refractivity (Wildman–Crippen MR) is 111 cm³/mol. The average molecular weight is 378 g/mol. The molecule has 0 bridgehead atoms. The van der Waals surface area contributed by atoms with Crippen LogP contribution in [0.1, 0.15) is 17.5 Å². The number of nitrogens with one attached hydrogen (secondary N) is 1. The summed E-state index contributed by atoms with van der Waals surface area (Å²) in [5.74, 6) is 0.615. The largest absolute Gasteiger partial charge is 0.495 e. The molecule has 0 radical (unpaired) electrons. The molecule has 1 heterocycles. The second kappa shape index (κ2) is 9.25. The maximum Gasteiger partial charge on any atom is 0.238 e. The molecule has 0 unspecified atom stereocenters. The number of carbonyl (C=O) groups excluding carboxylic acids is 1. The number of carbonyl (C=O) groups is 1. The highest BCUT2D eigenvalue weighted by atomic mass is 16.5. The number of benzene rings is 2. The van der Waals surface area contributed by atoms with Crippen LogP contribution < -0.4 is 15.0 Å². The number of aryl methyl sites for hydroxylation is 1. The second-order valence-corrected chi connectivity index (χ2v) is 7.00. The number of hydrogen-bond donors (Lipinski definition) is 1. The molecule has 1 aliphatic heterocycles. The Morgan fingerprint density at radius 3 is 2.79 bits per heavy atom. The normalized spacial score (nSPS) is 14.8. The molecule has 0 atom stereocenters. The zero-order valence-corrected chi connectivity index (χ0v) is 16.4. The van der Waals surface area contributed by atoms with Crippen LogP contribution in [0, 0.1) is 18.3 Å². The van der Waals surface area contributed by atoms with Gasteiger partial charge in [-0.3, -0.25) is 9.69 Å². The third-order valence-corrected chi connectivity index (χ3v) is 4.95. The average Bonchev–Trinajstić information content (AvgIpc) is 2.93. The second-order valence-electron chi connectivity index (χ2n) is 7.00. The van der Waals surface area contributed by atoms with E-state index in [-0.39, 0.29) is 5.91 Å². The Hall–Kier alpha value is -3.04. The van der Waals surface area contributed by atoms with Crippen molar-refractivity contribution in [3.8, 4) is 11.8 Å². The van der Waals surface area contributed by atoms with E-state index < -0.39 is 0 Å². The van der Waals surface area contributed by atoms with Gasteiger partial charge in [-0.25, -0.2) is 0 Å². The van der Waals surface area contributed by atoms with Crippen molar-refractivity contribution in [1.29, 1.82) is 5.26 Å². The summed E-state index contributed by atoms with van der Waals surface area (Å²) < 4.78 is 5.33. The summed E-state index contributed by atoms with van der Waals surface area (Å²) in [6.45, 7) is 5.62. The lowest BCUT2D eigenvalue weighted by molar-refractivity contribution is -0.117. The van der Waals surface area contributed by atoms with Crippen LogP contribution in [0.3, 0.4) is 0 Å². The molecule has 1 fully saturated rings. The van der Waals surface area contributed by atoms with Gasteiger partial charge in [-0.05, 0) is 43.2 Å². The number of para-hydroxylation sites is 1. The van der Waals surface area contributed by atoms with Gasteiger partial charge in [0.1, 0.15) is 11.8 Å². The van der Waals surface area contributed by atoms with Gasteiger partial charge in [-0.2, -0.15) is 5.26 Å². The Labute approximate surface area is 166 Å². The molecule has 6 nitrogen and oxygen atoms in total. The third kappa shape index (κ3) is 4.81. The van der Waals surface area contributed by atoms with Gasteiger partial charge in [-0.15, -0.1) is 0 Å². The Morgan fingerprint density at radius 1 is 1.18 bits per heavy atom. The summed E-state index contributed by atoms with van der Waals surface area (Å²) in [5, 5.41) is 12.3. The van der Waals surface area contributed by atoms with Crippen molar-refractivity contribution in [3.63, 3.8) is 0 Å². The lowest BCUT2D eigenvalue weighted by Crippen LogP contribution is -2.36. The van der Waals surface area contributed by atoms with Gasteiger partial charge in [0.2, 0.25) is 5.91 Å². The number of rotatable bonds is 5. The van der Waals surface area contributed by atoms with Gasteiger partial charge in [-0.1, -0.05) is 18.2 Å². The minimum Gasteiger partial charge on any atom is -0.495 e. The minimum absolute atomic E-state index is 0.0465. The van der Waals surface area contributed by atoms with Crippen molar-refractivity contribution in [2.24, 2.45) is 0 Å². The van der Waals surface area contributed by atoms with E-state index in [0.717, 1.165) is 43.9 Å². The van der Waals surface area contributed by atoms with Crippen molar-refractivity contribution < 1.29 is 9.53 Å². The van der Waals surface area contributed by atoms with Crippen LogP contribution in [-0.4, -0.2) is 50.6 Å². The minimum atomic E-state index is -0.0465. The standard InChI is InChI=1S/C22H26N4O2/c1-17-8-9-21(28-2)19(14-17)24-22(27)16-25-10-5-11-26(13-12-25)20-7-4-3-6-18(20)15-23/h3-4,6-9,14H,5,10-13,16H2,1-2H3,(H,24,27). The van der Waals surface area contributed by atoms with Gasteiger partial charge < -0.3 is 15.0 Å². The monoisotopic (exact) mass is 378 g/mol. The highest BCUT2D eigenvalue weighted by molar-refractivity contribution is 5.93. The first-order chi connectivity index (χ1) is 13.6. The van der Waals surface area contributed by atoms with E-state index in [4.69, 9.17) is 4.74 Å². The summed E-state index contributed by atoms with van der Waals surface area (Å²) in [4.78, 5) is 17.0. The molecule has 3 rings (SSSR count). The highest BCUT2D eigenvalue weighted by Crippen LogP contribution is 2.25. The van der Waals surface area contributed by atoms with E-state index in [1.165, 1.54) is 0 Å². The molecular weight excluding hydrogens is 352 g/mol. The van der Waals surface area contributed by atoms with Crippen LogP contribution in [0.2, 0.25) is 0 Å². The van der Waals surface area contributed by atoms with Crippen LogP contribution in [0.25, 0.3) is 0 Å². The molecule has 1 amide bonds. The van der Waals surface area contributed by atoms with Gasteiger partial charge in [0.15, 0.2) is 0 Å². The van der Waals surface area contributed by atoms with E-state index in [0.29, 0.717) is 23.5 Å². The smallest absolute Gasteiger partial charge is 0.238 e. The summed E-state index contributed by atoms with van der Waals surface area (Å²) in [6, 6.07) is 15.7. The first kappa shape index (κ1) is 19.7. The van der Waals surface area contributed by atoms with Crippen molar-refractivity contribution in [3.05, 3.63) is 53.6 Å². The van der Waals surface area contributed by atoms with Crippen LogP contribution in [-0.2, 0) is 4.79 Å². The predicted octanol–water partition coefficient (Wildman–Crippen LogP) is 3.03. The molecule has 1 N–H and O–H groups in total. The molecule has 0 saturated carbocycles. The Bertz CT molecular complexity index is 875. The van der Waals surface area contributed by atoms with E-state index >= 15 is 0 Å². The molecule has 28 heavy (non-hydrogen) atoms. The molecular formula is C22H26N4O2. The van der Waals surface area contributed by atoms with Gasteiger partial charge in [0, 0.05) is 26.2 Å². The first-order valence-electron chi connectivity index (χ1n) is 9.51.